The van der Waals surface area contributed by atoms with Crippen LogP contribution in [0.1, 0.15) is 17.4 Å². The minimum atomic E-state index is -1.47. The first kappa shape index (κ1) is 19.4. The lowest BCUT2D eigenvalue weighted by atomic mass is 10.1. The molecule has 0 saturated carbocycles. The normalized spacial score (nSPS) is 11.5. The van der Waals surface area contributed by atoms with Crippen molar-refractivity contribution >= 4 is 28.7 Å². The number of benzene rings is 3. The molecule has 3 rings (SSSR count). The molecule has 0 amide bonds. The topological polar surface area (TPSA) is 58.4 Å². The second-order valence-electron chi connectivity index (χ2n) is 6.07. The summed E-state index contributed by atoms with van der Waals surface area (Å²) < 4.78 is 14.7. The zero-order valence-electron chi connectivity index (χ0n) is 14.9. The van der Waals surface area contributed by atoms with Gasteiger partial charge in [0.2, 0.25) is 0 Å². The van der Waals surface area contributed by atoms with Crippen LogP contribution in [-0.4, -0.2) is 10.0 Å². The molecule has 7 heteroatoms. The molecule has 28 heavy (non-hydrogen) atoms. The number of nitro groups is 1. The molecule has 142 valence electrons. The largest absolute Gasteiger partial charge is 0.329 e. The molecule has 1 atom stereocenters. The monoisotopic (exact) mass is 395 g/mol. The Labute approximate surface area is 167 Å². The van der Waals surface area contributed by atoms with Crippen molar-refractivity contribution in [1.82, 2.24) is 5.32 Å². The summed E-state index contributed by atoms with van der Waals surface area (Å²) in [4.78, 5) is 12.3. The summed E-state index contributed by atoms with van der Waals surface area (Å²) in [5.74, 6) is 0. The molecule has 0 saturated heterocycles. The zero-order valence-corrected chi connectivity index (χ0v) is 15.7. The van der Waals surface area contributed by atoms with Crippen molar-refractivity contribution in [2.24, 2.45) is 0 Å². The van der Waals surface area contributed by atoms with Crippen molar-refractivity contribution in [1.29, 1.82) is 0 Å². The molecule has 3 aromatic carbocycles. The lowest BCUT2D eigenvalue weighted by Crippen LogP contribution is -2.40. The van der Waals surface area contributed by atoms with Crippen LogP contribution in [0.4, 0.5) is 15.8 Å². The standard InChI is InChI=1S/C21H18FN3O2S/c22-20(17-9-3-1-4-10-17)23-21(28)24(18-11-5-2-6-12-18)15-16-8-7-13-19(14-16)25(26)27/h1-14,20H,15H2,(H,23,28). The van der Waals surface area contributed by atoms with E-state index >= 15 is 0 Å². The number of hydrogen-bond acceptors (Lipinski definition) is 3. The smallest absolute Gasteiger partial charge is 0.269 e. The Balaban J connectivity index is 1.84. The molecule has 0 spiro atoms. The molecule has 0 aliphatic heterocycles. The molecule has 3 aromatic rings. The number of rotatable bonds is 6. The number of non-ortho nitro benzene ring substituents is 1. The number of nitrogens with zero attached hydrogens (tertiary/aromatic N) is 2. The quantitative estimate of drug-likeness (QED) is 0.271. The minimum absolute atomic E-state index is 0.00274. The first-order valence-electron chi connectivity index (χ1n) is 8.60. The zero-order chi connectivity index (χ0) is 19.9. The van der Waals surface area contributed by atoms with Gasteiger partial charge in [-0.2, -0.15) is 0 Å². The van der Waals surface area contributed by atoms with Gasteiger partial charge in [0.05, 0.1) is 11.5 Å². The Morgan fingerprint density at radius 1 is 1.04 bits per heavy atom. The van der Waals surface area contributed by atoms with Gasteiger partial charge in [0.25, 0.3) is 5.69 Å². The van der Waals surface area contributed by atoms with Crippen LogP contribution < -0.4 is 10.2 Å². The van der Waals surface area contributed by atoms with Crippen molar-refractivity contribution < 1.29 is 9.31 Å². The van der Waals surface area contributed by atoms with Gasteiger partial charge in [-0.15, -0.1) is 0 Å². The van der Waals surface area contributed by atoms with Crippen LogP contribution in [0.5, 0.6) is 0 Å². The summed E-state index contributed by atoms with van der Waals surface area (Å²) in [5.41, 5.74) is 1.91. The molecule has 0 heterocycles. The van der Waals surface area contributed by atoms with Gasteiger partial charge in [-0.05, 0) is 29.9 Å². The van der Waals surface area contributed by atoms with E-state index in [9.17, 15) is 14.5 Å². The summed E-state index contributed by atoms with van der Waals surface area (Å²) in [5, 5.41) is 13.9. The van der Waals surface area contributed by atoms with Gasteiger partial charge in [0.1, 0.15) is 0 Å². The van der Waals surface area contributed by atoms with Gasteiger partial charge < -0.3 is 10.2 Å². The Hall–Kier alpha value is -3.32. The summed E-state index contributed by atoms with van der Waals surface area (Å²) in [6.45, 7) is 0.263. The SMILES string of the molecule is O=[N+]([O-])c1cccc(CN(C(=S)NC(F)c2ccccc2)c2ccccc2)c1. The first-order valence-corrected chi connectivity index (χ1v) is 9.01. The van der Waals surface area contributed by atoms with Crippen molar-refractivity contribution in [3.8, 4) is 0 Å². The number of nitrogens with one attached hydrogen (secondary N) is 1. The Kier molecular flexibility index (Phi) is 6.29. The van der Waals surface area contributed by atoms with E-state index in [0.717, 1.165) is 5.69 Å². The average Bonchev–Trinajstić information content (AvgIpc) is 2.73. The van der Waals surface area contributed by atoms with E-state index in [1.807, 2.05) is 36.4 Å². The van der Waals surface area contributed by atoms with Crippen molar-refractivity contribution in [3.05, 3.63) is 106 Å². The summed E-state index contributed by atoms with van der Waals surface area (Å²) in [6, 6.07) is 24.2. The average molecular weight is 395 g/mol. The fraction of sp³-hybridized carbons (Fsp3) is 0.0952. The second kappa shape index (κ2) is 9.05. The predicted molar refractivity (Wildman–Crippen MR) is 112 cm³/mol. The molecule has 0 radical (unpaired) electrons. The number of anilines is 1. The maximum atomic E-state index is 14.7. The molecule has 0 fully saturated rings. The maximum Gasteiger partial charge on any atom is 0.269 e. The molecule has 1 unspecified atom stereocenters. The summed E-state index contributed by atoms with van der Waals surface area (Å²) >= 11 is 5.46. The fourth-order valence-corrected chi connectivity index (χ4v) is 3.00. The summed E-state index contributed by atoms with van der Waals surface area (Å²) in [7, 11) is 0. The van der Waals surface area contributed by atoms with E-state index in [2.05, 4.69) is 5.32 Å². The second-order valence-corrected chi connectivity index (χ2v) is 6.46. The van der Waals surface area contributed by atoms with Crippen molar-refractivity contribution in [2.45, 2.75) is 12.8 Å². The van der Waals surface area contributed by atoms with Crippen molar-refractivity contribution in [2.75, 3.05) is 4.90 Å². The molecule has 1 N–H and O–H groups in total. The number of hydrogen-bond donors (Lipinski definition) is 1. The van der Waals surface area contributed by atoms with E-state index in [4.69, 9.17) is 12.2 Å². The van der Waals surface area contributed by atoms with E-state index < -0.39 is 11.2 Å². The highest BCUT2D eigenvalue weighted by molar-refractivity contribution is 7.80. The van der Waals surface area contributed by atoms with Crippen LogP contribution in [0.15, 0.2) is 84.9 Å². The van der Waals surface area contributed by atoms with Crippen molar-refractivity contribution in [3.63, 3.8) is 0 Å². The highest BCUT2D eigenvalue weighted by Gasteiger charge is 2.18. The molecular weight excluding hydrogens is 377 g/mol. The van der Waals surface area contributed by atoms with E-state index in [1.165, 1.54) is 12.1 Å². The number of para-hydroxylation sites is 1. The Morgan fingerprint density at radius 2 is 1.68 bits per heavy atom. The molecule has 0 aromatic heterocycles. The van der Waals surface area contributed by atoms with Crippen LogP contribution >= 0.6 is 12.2 Å². The van der Waals surface area contributed by atoms with Gasteiger partial charge in [0.15, 0.2) is 11.4 Å². The third-order valence-electron chi connectivity index (χ3n) is 4.12. The van der Waals surface area contributed by atoms with E-state index in [0.29, 0.717) is 11.1 Å². The molecule has 0 aliphatic rings. The van der Waals surface area contributed by atoms with Crippen LogP contribution in [-0.2, 0) is 6.54 Å². The van der Waals surface area contributed by atoms with Gasteiger partial charge in [0, 0.05) is 23.4 Å². The van der Waals surface area contributed by atoms with E-state index in [1.54, 1.807) is 41.3 Å². The molecule has 0 aliphatic carbocycles. The molecular formula is C21H18FN3O2S. The van der Waals surface area contributed by atoms with Crippen LogP contribution in [0.25, 0.3) is 0 Å². The predicted octanol–water partition coefficient (Wildman–Crippen LogP) is 5.14. The Bertz CT molecular complexity index is 954. The lowest BCUT2D eigenvalue weighted by Gasteiger charge is -2.27. The Morgan fingerprint density at radius 3 is 2.32 bits per heavy atom. The van der Waals surface area contributed by atoms with Crippen LogP contribution in [0, 0.1) is 10.1 Å². The highest BCUT2D eigenvalue weighted by Crippen LogP contribution is 2.22. The minimum Gasteiger partial charge on any atom is -0.329 e. The number of alkyl halides is 1. The first-order chi connectivity index (χ1) is 13.5. The van der Waals surface area contributed by atoms with Gasteiger partial charge in [-0.1, -0.05) is 60.7 Å². The van der Waals surface area contributed by atoms with Gasteiger partial charge in [-0.25, -0.2) is 4.39 Å². The number of nitro benzene ring substituents is 1. The summed E-state index contributed by atoms with van der Waals surface area (Å²) in [6.07, 6.45) is -1.47. The molecule has 5 nitrogen and oxygen atoms in total. The number of thiocarbonyl (C=S) groups is 1. The number of halogens is 1. The maximum absolute atomic E-state index is 14.7. The third-order valence-corrected chi connectivity index (χ3v) is 4.46. The van der Waals surface area contributed by atoms with E-state index in [-0.39, 0.29) is 17.3 Å². The fourth-order valence-electron chi connectivity index (χ4n) is 2.73. The highest BCUT2D eigenvalue weighted by atomic mass is 32.1. The molecule has 0 bridgehead atoms. The van der Waals surface area contributed by atoms with Crippen LogP contribution in [0.3, 0.4) is 0 Å². The van der Waals surface area contributed by atoms with Gasteiger partial charge in [-0.3, -0.25) is 10.1 Å². The third kappa shape index (κ3) is 4.89. The van der Waals surface area contributed by atoms with Crippen LogP contribution in [0.2, 0.25) is 0 Å². The van der Waals surface area contributed by atoms with Gasteiger partial charge >= 0.3 is 0 Å². The lowest BCUT2D eigenvalue weighted by molar-refractivity contribution is -0.384.